The number of hydrogen-bond acceptors (Lipinski definition) is 4. The summed E-state index contributed by atoms with van der Waals surface area (Å²) in [5.41, 5.74) is 0.524. The molecule has 0 bridgehead atoms. The summed E-state index contributed by atoms with van der Waals surface area (Å²) < 4.78 is 6.59. The summed E-state index contributed by atoms with van der Waals surface area (Å²) >= 11 is 0. The predicted octanol–water partition coefficient (Wildman–Crippen LogP) is 1.70. The molecule has 0 aliphatic heterocycles. The molecule has 1 aromatic carbocycles. The van der Waals surface area contributed by atoms with Crippen molar-refractivity contribution in [3.8, 4) is 0 Å². The number of carbonyl (C=O) groups is 1. The zero-order chi connectivity index (χ0) is 15.4. The van der Waals surface area contributed by atoms with Crippen molar-refractivity contribution in [2.45, 2.75) is 19.5 Å². The minimum absolute atomic E-state index is 0.135. The normalized spacial score (nSPS) is 10.7. The first-order chi connectivity index (χ1) is 10.7. The van der Waals surface area contributed by atoms with Gasteiger partial charge in [0.15, 0.2) is 0 Å². The van der Waals surface area contributed by atoms with Gasteiger partial charge in [-0.1, -0.05) is 12.1 Å². The molecule has 6 nitrogen and oxygen atoms in total. The van der Waals surface area contributed by atoms with Crippen molar-refractivity contribution in [1.29, 1.82) is 0 Å². The maximum atomic E-state index is 12.3. The third-order valence-corrected chi connectivity index (χ3v) is 3.35. The first-order valence-corrected chi connectivity index (χ1v) is 6.97. The molecule has 0 radical (unpaired) electrons. The van der Waals surface area contributed by atoms with Gasteiger partial charge in [-0.3, -0.25) is 14.2 Å². The van der Waals surface area contributed by atoms with Crippen LogP contribution in [-0.2, 0) is 17.9 Å². The van der Waals surface area contributed by atoms with Gasteiger partial charge in [0.1, 0.15) is 5.76 Å². The van der Waals surface area contributed by atoms with E-state index in [-0.39, 0.29) is 17.9 Å². The van der Waals surface area contributed by atoms with E-state index in [1.807, 2.05) is 6.07 Å². The largest absolute Gasteiger partial charge is 0.467 e. The smallest absolute Gasteiger partial charge is 0.261 e. The Kier molecular flexibility index (Phi) is 4.00. The number of fused-ring (bicyclic) bond motifs is 1. The predicted molar refractivity (Wildman–Crippen MR) is 81.2 cm³/mol. The number of aromatic nitrogens is 2. The van der Waals surface area contributed by atoms with Crippen molar-refractivity contribution in [1.82, 2.24) is 14.9 Å². The summed E-state index contributed by atoms with van der Waals surface area (Å²) in [5.74, 6) is 0.550. The number of nitrogens with one attached hydrogen (secondary N) is 1. The van der Waals surface area contributed by atoms with Crippen LogP contribution < -0.4 is 10.9 Å². The quantitative estimate of drug-likeness (QED) is 0.777. The fourth-order valence-electron chi connectivity index (χ4n) is 2.17. The average Bonchev–Trinajstić information content (AvgIpc) is 3.06. The number of rotatable bonds is 5. The molecular formula is C16H15N3O3. The molecule has 1 amide bonds. The van der Waals surface area contributed by atoms with Gasteiger partial charge in [0, 0.05) is 13.0 Å². The zero-order valence-electron chi connectivity index (χ0n) is 11.9. The van der Waals surface area contributed by atoms with Gasteiger partial charge in [0.2, 0.25) is 5.91 Å². The highest BCUT2D eigenvalue weighted by Crippen LogP contribution is 2.05. The molecule has 0 atom stereocenters. The molecule has 0 aliphatic carbocycles. The number of para-hydroxylation sites is 1. The molecule has 0 saturated heterocycles. The number of hydrogen-bond donors (Lipinski definition) is 1. The van der Waals surface area contributed by atoms with Crippen molar-refractivity contribution >= 4 is 16.8 Å². The van der Waals surface area contributed by atoms with Crippen LogP contribution in [0.5, 0.6) is 0 Å². The number of aryl methyl sites for hydroxylation is 1. The van der Waals surface area contributed by atoms with Crippen molar-refractivity contribution in [2.24, 2.45) is 0 Å². The van der Waals surface area contributed by atoms with E-state index in [9.17, 15) is 9.59 Å². The molecule has 22 heavy (non-hydrogen) atoms. The number of amides is 1. The fourth-order valence-corrected chi connectivity index (χ4v) is 2.17. The first kappa shape index (κ1) is 14.1. The summed E-state index contributed by atoms with van der Waals surface area (Å²) in [7, 11) is 0. The van der Waals surface area contributed by atoms with Crippen LogP contribution in [0.1, 0.15) is 12.2 Å². The van der Waals surface area contributed by atoms with Crippen LogP contribution in [0.2, 0.25) is 0 Å². The second-order valence-corrected chi connectivity index (χ2v) is 4.87. The van der Waals surface area contributed by atoms with Gasteiger partial charge in [-0.05, 0) is 24.3 Å². The van der Waals surface area contributed by atoms with Crippen LogP contribution in [0.4, 0.5) is 0 Å². The Morgan fingerprint density at radius 3 is 2.91 bits per heavy atom. The fraction of sp³-hybridized carbons (Fsp3) is 0.188. The summed E-state index contributed by atoms with van der Waals surface area (Å²) in [6.45, 7) is 0.636. The average molecular weight is 297 g/mol. The Hall–Kier alpha value is -2.89. The second kappa shape index (κ2) is 6.26. The van der Waals surface area contributed by atoms with Crippen molar-refractivity contribution in [3.63, 3.8) is 0 Å². The van der Waals surface area contributed by atoms with Crippen molar-refractivity contribution in [2.75, 3.05) is 0 Å². The highest BCUT2D eigenvalue weighted by molar-refractivity contribution is 5.77. The van der Waals surface area contributed by atoms with Gasteiger partial charge in [-0.15, -0.1) is 0 Å². The van der Waals surface area contributed by atoms with E-state index in [1.54, 1.807) is 36.6 Å². The SMILES string of the molecule is O=C(CCn1cnc2ccccc2c1=O)NCc1ccco1. The van der Waals surface area contributed by atoms with Gasteiger partial charge in [-0.25, -0.2) is 4.98 Å². The van der Waals surface area contributed by atoms with Gasteiger partial charge in [0.05, 0.1) is 30.0 Å². The second-order valence-electron chi connectivity index (χ2n) is 4.87. The van der Waals surface area contributed by atoms with E-state index < -0.39 is 0 Å². The Morgan fingerprint density at radius 1 is 1.23 bits per heavy atom. The van der Waals surface area contributed by atoms with E-state index >= 15 is 0 Å². The lowest BCUT2D eigenvalue weighted by atomic mass is 10.2. The summed E-state index contributed by atoms with van der Waals surface area (Å²) in [6, 6.07) is 10.7. The number of nitrogens with zero attached hydrogens (tertiary/aromatic N) is 2. The van der Waals surface area contributed by atoms with E-state index in [4.69, 9.17) is 4.42 Å². The Balaban J connectivity index is 1.62. The molecule has 6 heteroatoms. The number of benzene rings is 1. The van der Waals surface area contributed by atoms with Crippen molar-refractivity contribution < 1.29 is 9.21 Å². The monoisotopic (exact) mass is 297 g/mol. The zero-order valence-corrected chi connectivity index (χ0v) is 11.9. The van der Waals surface area contributed by atoms with E-state index in [0.717, 1.165) is 0 Å². The van der Waals surface area contributed by atoms with Gasteiger partial charge >= 0.3 is 0 Å². The highest BCUT2D eigenvalue weighted by atomic mass is 16.3. The summed E-state index contributed by atoms with van der Waals surface area (Å²) in [5, 5.41) is 3.30. The minimum atomic E-state index is -0.142. The molecule has 0 aliphatic rings. The van der Waals surface area contributed by atoms with Gasteiger partial charge in [0.25, 0.3) is 5.56 Å². The molecule has 3 aromatic rings. The third-order valence-electron chi connectivity index (χ3n) is 3.35. The van der Waals surface area contributed by atoms with E-state index in [0.29, 0.717) is 29.8 Å². The Labute approximate surface area is 126 Å². The topological polar surface area (TPSA) is 77.1 Å². The number of carbonyl (C=O) groups excluding carboxylic acids is 1. The van der Waals surface area contributed by atoms with Crippen LogP contribution >= 0.6 is 0 Å². The van der Waals surface area contributed by atoms with Crippen LogP contribution in [0, 0.1) is 0 Å². The van der Waals surface area contributed by atoms with E-state index in [2.05, 4.69) is 10.3 Å². The maximum Gasteiger partial charge on any atom is 0.261 e. The van der Waals surface area contributed by atoms with Crippen LogP contribution in [0.25, 0.3) is 10.9 Å². The van der Waals surface area contributed by atoms with Gasteiger partial charge in [-0.2, -0.15) is 0 Å². The first-order valence-electron chi connectivity index (χ1n) is 6.97. The lowest BCUT2D eigenvalue weighted by Crippen LogP contribution is -2.27. The third kappa shape index (κ3) is 3.06. The highest BCUT2D eigenvalue weighted by Gasteiger charge is 2.06. The molecule has 0 spiro atoms. The Morgan fingerprint density at radius 2 is 2.09 bits per heavy atom. The molecule has 2 aromatic heterocycles. The molecule has 1 N–H and O–H groups in total. The lowest BCUT2D eigenvalue weighted by molar-refractivity contribution is -0.121. The van der Waals surface area contributed by atoms with Gasteiger partial charge < -0.3 is 9.73 Å². The molecule has 112 valence electrons. The van der Waals surface area contributed by atoms with Crippen LogP contribution in [0.3, 0.4) is 0 Å². The summed E-state index contributed by atoms with van der Waals surface area (Å²) in [4.78, 5) is 28.3. The van der Waals surface area contributed by atoms with Crippen LogP contribution in [-0.4, -0.2) is 15.5 Å². The molecule has 0 saturated carbocycles. The minimum Gasteiger partial charge on any atom is -0.467 e. The Bertz CT molecular complexity index is 837. The van der Waals surface area contributed by atoms with Crippen molar-refractivity contribution in [3.05, 3.63) is 65.1 Å². The summed E-state index contributed by atoms with van der Waals surface area (Å²) in [6.07, 6.45) is 3.24. The maximum absolute atomic E-state index is 12.3. The lowest BCUT2D eigenvalue weighted by Gasteiger charge is -2.07. The number of furan rings is 1. The standard InChI is InChI=1S/C16H15N3O3/c20-15(17-10-12-4-3-9-22-12)7-8-19-11-18-14-6-2-1-5-13(14)16(19)21/h1-6,9,11H,7-8,10H2,(H,17,20). The molecule has 0 fully saturated rings. The van der Waals surface area contributed by atoms with E-state index in [1.165, 1.54) is 10.9 Å². The molecule has 0 unspecified atom stereocenters. The molecular weight excluding hydrogens is 282 g/mol. The van der Waals surface area contributed by atoms with Crippen LogP contribution in [0.15, 0.2) is 58.2 Å². The molecule has 3 rings (SSSR count). The molecule has 2 heterocycles.